The van der Waals surface area contributed by atoms with Gasteiger partial charge in [-0.3, -0.25) is 14.9 Å². The van der Waals surface area contributed by atoms with E-state index in [1.807, 2.05) is 45.7 Å². The van der Waals surface area contributed by atoms with Crippen LogP contribution in [0.15, 0.2) is 42.0 Å². The molecule has 33 heavy (non-hydrogen) atoms. The molecule has 0 atom stereocenters. The van der Waals surface area contributed by atoms with E-state index < -0.39 is 23.7 Å². The Balaban J connectivity index is 1.81. The van der Waals surface area contributed by atoms with Crippen LogP contribution >= 0.6 is 0 Å². The average molecular weight is 448 g/mol. The molecule has 2 aromatic carbocycles. The first-order chi connectivity index (χ1) is 15.4. The summed E-state index contributed by atoms with van der Waals surface area (Å²) >= 11 is 0. The standard InChI is InChI=1S/C26H26FN3O3/c1-14-8-7-9-21(16(14)3)30-24(32)19(23(31)28-25(30)33)11-17-10-18-15(2)13-26(4,5)29(6)22(18)12-20(17)27/h7-13H,1-6H3,(H,28,31,33)/b19-11-. The zero-order valence-electron chi connectivity index (χ0n) is 19.5. The molecule has 0 bridgehead atoms. The van der Waals surface area contributed by atoms with Gasteiger partial charge in [0.05, 0.1) is 11.2 Å². The Hall–Kier alpha value is -3.74. The molecule has 0 aromatic heterocycles. The number of carbonyl (C=O) groups excluding carboxylic acids is 3. The quantitative estimate of drug-likeness (QED) is 0.533. The first-order valence-corrected chi connectivity index (χ1v) is 10.7. The highest BCUT2D eigenvalue weighted by Crippen LogP contribution is 2.39. The summed E-state index contributed by atoms with van der Waals surface area (Å²) in [6.07, 6.45) is 3.30. The van der Waals surface area contributed by atoms with Gasteiger partial charge in [0.1, 0.15) is 11.4 Å². The highest BCUT2D eigenvalue weighted by atomic mass is 19.1. The van der Waals surface area contributed by atoms with Gasteiger partial charge in [0, 0.05) is 23.9 Å². The SMILES string of the molecule is CC1=CC(C)(C)N(C)c2cc(F)c(/C=C3/C(=O)NC(=O)N(c4cccc(C)c4C)C3=O)cc21. The Morgan fingerprint density at radius 2 is 1.73 bits per heavy atom. The number of fused-ring (bicyclic) bond motifs is 1. The maximum absolute atomic E-state index is 15.1. The molecule has 0 unspecified atom stereocenters. The van der Waals surface area contributed by atoms with Gasteiger partial charge >= 0.3 is 6.03 Å². The lowest BCUT2D eigenvalue weighted by atomic mass is 9.88. The second-order valence-electron chi connectivity index (χ2n) is 9.11. The summed E-state index contributed by atoms with van der Waals surface area (Å²) in [5.74, 6) is -2.20. The summed E-state index contributed by atoms with van der Waals surface area (Å²) in [6.45, 7) is 9.68. The monoisotopic (exact) mass is 447 g/mol. The number of urea groups is 1. The van der Waals surface area contributed by atoms with Crippen LogP contribution in [-0.2, 0) is 9.59 Å². The lowest BCUT2D eigenvalue weighted by Crippen LogP contribution is -2.54. The van der Waals surface area contributed by atoms with Crippen molar-refractivity contribution < 1.29 is 18.8 Å². The molecule has 1 fully saturated rings. The predicted molar refractivity (Wildman–Crippen MR) is 127 cm³/mol. The molecule has 4 amide bonds. The first kappa shape index (κ1) is 22.5. The molecule has 2 heterocycles. The Bertz CT molecular complexity index is 1290. The van der Waals surface area contributed by atoms with Crippen molar-refractivity contribution in [2.45, 2.75) is 40.2 Å². The molecule has 7 heteroatoms. The smallest absolute Gasteiger partial charge is 0.335 e. The summed E-state index contributed by atoms with van der Waals surface area (Å²) < 4.78 is 15.1. The Morgan fingerprint density at radius 3 is 2.42 bits per heavy atom. The molecule has 6 nitrogen and oxygen atoms in total. The van der Waals surface area contributed by atoms with E-state index in [0.717, 1.165) is 32.9 Å². The molecule has 0 spiro atoms. The molecule has 170 valence electrons. The summed E-state index contributed by atoms with van der Waals surface area (Å²) in [5.41, 5.74) is 4.04. The number of nitrogens with zero attached hydrogens (tertiary/aromatic N) is 2. The van der Waals surface area contributed by atoms with E-state index in [9.17, 15) is 14.4 Å². The molecule has 4 rings (SSSR count). The van der Waals surface area contributed by atoms with Crippen LogP contribution in [-0.4, -0.2) is 30.4 Å². The molecular formula is C26H26FN3O3. The van der Waals surface area contributed by atoms with Crippen LogP contribution in [0, 0.1) is 19.7 Å². The zero-order valence-corrected chi connectivity index (χ0v) is 19.5. The molecule has 1 N–H and O–H groups in total. The normalized spacial score (nSPS) is 18.9. The fourth-order valence-corrected chi connectivity index (χ4v) is 4.31. The van der Waals surface area contributed by atoms with Crippen LogP contribution < -0.4 is 15.1 Å². The Labute approximate surface area is 192 Å². The van der Waals surface area contributed by atoms with Crippen LogP contribution in [0.1, 0.15) is 43.0 Å². The number of barbiturate groups is 1. The molecule has 0 aliphatic carbocycles. The van der Waals surface area contributed by atoms with E-state index in [-0.39, 0.29) is 16.7 Å². The molecule has 2 aliphatic heterocycles. The number of anilines is 2. The number of imide groups is 2. The van der Waals surface area contributed by atoms with E-state index in [0.29, 0.717) is 5.69 Å². The molecular weight excluding hydrogens is 421 g/mol. The van der Waals surface area contributed by atoms with Gasteiger partial charge in [-0.05, 0) is 75.6 Å². The minimum atomic E-state index is -0.853. The number of amides is 4. The van der Waals surface area contributed by atoms with Crippen molar-refractivity contribution in [1.82, 2.24) is 5.32 Å². The third-order valence-corrected chi connectivity index (χ3v) is 6.55. The molecule has 2 aliphatic rings. The van der Waals surface area contributed by atoms with Crippen molar-refractivity contribution in [3.63, 3.8) is 0 Å². The zero-order chi connectivity index (χ0) is 24.2. The second kappa shape index (κ2) is 7.69. The number of aryl methyl sites for hydroxylation is 1. The summed E-state index contributed by atoms with van der Waals surface area (Å²) in [4.78, 5) is 41.2. The van der Waals surface area contributed by atoms with Crippen molar-refractivity contribution >= 4 is 40.9 Å². The van der Waals surface area contributed by atoms with Gasteiger partial charge in [-0.2, -0.15) is 0 Å². The fraction of sp³-hybridized carbons (Fsp3) is 0.269. The highest BCUT2D eigenvalue weighted by molar-refractivity contribution is 6.39. The molecule has 2 aromatic rings. The minimum absolute atomic E-state index is 0.100. The van der Waals surface area contributed by atoms with E-state index >= 15 is 4.39 Å². The number of allylic oxidation sites excluding steroid dienone is 1. The second-order valence-corrected chi connectivity index (χ2v) is 9.11. The average Bonchev–Trinajstić information content (AvgIpc) is 2.72. The molecule has 0 saturated carbocycles. The Morgan fingerprint density at radius 1 is 1.03 bits per heavy atom. The summed E-state index contributed by atoms with van der Waals surface area (Å²) in [7, 11) is 1.89. The van der Waals surface area contributed by atoms with Crippen LogP contribution in [0.4, 0.5) is 20.6 Å². The van der Waals surface area contributed by atoms with Crippen molar-refractivity contribution in [3.05, 3.63) is 70.1 Å². The van der Waals surface area contributed by atoms with Crippen molar-refractivity contribution in [2.24, 2.45) is 0 Å². The highest BCUT2D eigenvalue weighted by Gasteiger charge is 2.38. The maximum atomic E-state index is 15.1. The predicted octanol–water partition coefficient (Wildman–Crippen LogP) is 4.74. The van der Waals surface area contributed by atoms with E-state index in [4.69, 9.17) is 0 Å². The summed E-state index contributed by atoms with van der Waals surface area (Å²) in [5, 5.41) is 2.20. The van der Waals surface area contributed by atoms with E-state index in [1.54, 1.807) is 25.1 Å². The van der Waals surface area contributed by atoms with Gasteiger partial charge in [0.2, 0.25) is 0 Å². The van der Waals surface area contributed by atoms with Gasteiger partial charge in [-0.15, -0.1) is 0 Å². The number of likely N-dealkylation sites (N-methyl/N-ethyl adjacent to an activating group) is 1. The van der Waals surface area contributed by atoms with Gasteiger partial charge in [0.25, 0.3) is 11.8 Å². The first-order valence-electron chi connectivity index (χ1n) is 10.7. The number of rotatable bonds is 2. The van der Waals surface area contributed by atoms with E-state index in [1.165, 1.54) is 12.1 Å². The van der Waals surface area contributed by atoms with Gasteiger partial charge < -0.3 is 4.90 Å². The third-order valence-electron chi connectivity index (χ3n) is 6.55. The number of nitrogens with one attached hydrogen (secondary N) is 1. The fourth-order valence-electron chi connectivity index (χ4n) is 4.31. The number of carbonyl (C=O) groups is 3. The largest absolute Gasteiger partial charge is 0.365 e. The number of benzene rings is 2. The van der Waals surface area contributed by atoms with Crippen LogP contribution in [0.5, 0.6) is 0 Å². The van der Waals surface area contributed by atoms with Crippen molar-refractivity contribution in [2.75, 3.05) is 16.8 Å². The topological polar surface area (TPSA) is 69.7 Å². The van der Waals surface area contributed by atoms with Crippen molar-refractivity contribution in [1.29, 1.82) is 0 Å². The van der Waals surface area contributed by atoms with Crippen LogP contribution in [0.25, 0.3) is 11.6 Å². The van der Waals surface area contributed by atoms with Gasteiger partial charge in [-0.1, -0.05) is 18.2 Å². The number of hydrogen-bond acceptors (Lipinski definition) is 4. The van der Waals surface area contributed by atoms with Gasteiger partial charge in [0.15, 0.2) is 0 Å². The van der Waals surface area contributed by atoms with Crippen LogP contribution in [0.3, 0.4) is 0 Å². The maximum Gasteiger partial charge on any atom is 0.335 e. The molecule has 0 radical (unpaired) electrons. The molecule has 1 saturated heterocycles. The number of halogens is 1. The van der Waals surface area contributed by atoms with Crippen LogP contribution in [0.2, 0.25) is 0 Å². The van der Waals surface area contributed by atoms with E-state index in [2.05, 4.69) is 11.4 Å². The summed E-state index contributed by atoms with van der Waals surface area (Å²) in [6, 6.07) is 7.45. The lowest BCUT2D eigenvalue weighted by molar-refractivity contribution is -0.122. The third kappa shape index (κ3) is 3.63. The number of hydrogen-bond donors (Lipinski definition) is 1. The van der Waals surface area contributed by atoms with Gasteiger partial charge in [-0.25, -0.2) is 14.1 Å². The van der Waals surface area contributed by atoms with Crippen molar-refractivity contribution in [3.8, 4) is 0 Å². The lowest BCUT2D eigenvalue weighted by Gasteiger charge is -2.40. The Kier molecular flexibility index (Phi) is 5.23. The minimum Gasteiger partial charge on any atom is -0.365 e.